The van der Waals surface area contributed by atoms with Gasteiger partial charge in [0.2, 0.25) is 0 Å². The van der Waals surface area contributed by atoms with Crippen LogP contribution < -0.4 is 4.74 Å². The number of ketones is 1. The van der Waals surface area contributed by atoms with Gasteiger partial charge in [0, 0.05) is 19.1 Å². The van der Waals surface area contributed by atoms with Crippen molar-refractivity contribution >= 4 is 17.5 Å². The Bertz CT molecular complexity index is 1340. The number of carbonyl (C=O) groups excluding carboxylic acids is 1. The highest BCUT2D eigenvalue weighted by Gasteiger charge is 2.30. The summed E-state index contributed by atoms with van der Waals surface area (Å²) in [5.41, 5.74) is 5.25. The van der Waals surface area contributed by atoms with Crippen LogP contribution in [0.1, 0.15) is 33.9 Å². The van der Waals surface area contributed by atoms with E-state index in [4.69, 9.17) is 14.6 Å². The van der Waals surface area contributed by atoms with Gasteiger partial charge >= 0.3 is 0 Å². The van der Waals surface area contributed by atoms with Gasteiger partial charge in [0.1, 0.15) is 5.75 Å². The fraction of sp³-hybridized carbons (Fsp3) is 0.231. The van der Waals surface area contributed by atoms with Gasteiger partial charge in [0.25, 0.3) is 0 Å². The molecule has 0 amide bonds. The van der Waals surface area contributed by atoms with Crippen LogP contribution in [0.3, 0.4) is 0 Å². The summed E-state index contributed by atoms with van der Waals surface area (Å²) in [6, 6.07) is 17.8. The van der Waals surface area contributed by atoms with E-state index in [1.807, 2.05) is 54.6 Å². The van der Waals surface area contributed by atoms with Crippen LogP contribution in [0.2, 0.25) is 0 Å². The molecule has 0 saturated heterocycles. The monoisotopic (exact) mass is 440 g/mol. The molecule has 1 aliphatic rings. The number of fused-ring (bicyclic) bond motifs is 3. The molecule has 0 bridgehead atoms. The van der Waals surface area contributed by atoms with Gasteiger partial charge in [-0.15, -0.1) is 10.2 Å². The largest absolute Gasteiger partial charge is 0.496 e. The Kier molecular flexibility index (Phi) is 5.71. The van der Waals surface area contributed by atoms with Crippen LogP contribution in [0.15, 0.2) is 60.7 Å². The molecular weight excluding hydrogens is 416 g/mol. The number of ether oxygens (including phenoxy) is 2. The average Bonchev–Trinajstić information content (AvgIpc) is 3.22. The second-order valence-electron chi connectivity index (χ2n) is 8.05. The fourth-order valence-electron chi connectivity index (χ4n) is 4.36. The third-order valence-corrected chi connectivity index (χ3v) is 5.89. The maximum absolute atomic E-state index is 12.9. The second-order valence-corrected chi connectivity index (χ2v) is 8.05. The quantitative estimate of drug-likeness (QED) is 0.442. The third kappa shape index (κ3) is 3.91. The Hall–Kier alpha value is -3.84. The number of rotatable bonds is 6. The van der Waals surface area contributed by atoms with Gasteiger partial charge in [0.15, 0.2) is 17.1 Å². The zero-order valence-electron chi connectivity index (χ0n) is 18.6. The SMILES string of the molecule is COCc1nn2c3c(nnc2c1-c1ccccc1OC)C(=O)CC(/C=C/c1ccccc1)C3. The summed E-state index contributed by atoms with van der Waals surface area (Å²) >= 11 is 0. The number of allylic oxidation sites excluding steroid dienone is 1. The van der Waals surface area contributed by atoms with Gasteiger partial charge in [-0.25, -0.2) is 4.52 Å². The lowest BCUT2D eigenvalue weighted by Gasteiger charge is -2.20. The summed E-state index contributed by atoms with van der Waals surface area (Å²) in [7, 11) is 3.27. The zero-order chi connectivity index (χ0) is 22.8. The summed E-state index contributed by atoms with van der Waals surface area (Å²) < 4.78 is 12.8. The lowest BCUT2D eigenvalue weighted by molar-refractivity contribution is 0.0950. The molecule has 166 valence electrons. The minimum absolute atomic E-state index is 0.0176. The molecule has 0 spiro atoms. The number of aromatic nitrogens is 4. The van der Waals surface area contributed by atoms with E-state index in [1.54, 1.807) is 18.7 Å². The number of methoxy groups -OCH3 is 2. The summed E-state index contributed by atoms with van der Waals surface area (Å²) in [5, 5.41) is 13.6. The predicted molar refractivity (Wildman–Crippen MR) is 125 cm³/mol. The predicted octanol–water partition coefficient (Wildman–Crippen LogP) is 4.40. The van der Waals surface area contributed by atoms with Gasteiger partial charge in [-0.1, -0.05) is 60.7 Å². The molecule has 0 N–H and O–H groups in total. The normalized spacial score (nSPS) is 15.8. The third-order valence-electron chi connectivity index (χ3n) is 5.89. The number of Topliss-reactive ketones (excluding diaryl/α,β-unsaturated/α-hetero) is 1. The van der Waals surface area contributed by atoms with E-state index in [0.29, 0.717) is 36.5 Å². The molecular formula is C26H24N4O3. The van der Waals surface area contributed by atoms with Crippen LogP contribution in [0.25, 0.3) is 22.9 Å². The van der Waals surface area contributed by atoms with Crippen molar-refractivity contribution in [2.45, 2.75) is 19.4 Å². The number of para-hydroxylation sites is 1. The molecule has 0 radical (unpaired) electrons. The van der Waals surface area contributed by atoms with Gasteiger partial charge in [-0.05, 0) is 24.0 Å². The highest BCUT2D eigenvalue weighted by Crippen LogP contribution is 2.36. The smallest absolute Gasteiger partial charge is 0.186 e. The van der Waals surface area contributed by atoms with Crippen molar-refractivity contribution in [3.05, 3.63) is 83.3 Å². The minimum atomic E-state index is -0.0176. The van der Waals surface area contributed by atoms with E-state index in [1.165, 1.54) is 0 Å². The molecule has 1 atom stereocenters. The van der Waals surface area contributed by atoms with Crippen LogP contribution >= 0.6 is 0 Å². The van der Waals surface area contributed by atoms with E-state index in [2.05, 4.69) is 22.3 Å². The first-order chi connectivity index (χ1) is 16.2. The number of benzene rings is 2. The van der Waals surface area contributed by atoms with Crippen molar-refractivity contribution in [2.24, 2.45) is 5.92 Å². The lowest BCUT2D eigenvalue weighted by atomic mass is 9.88. The van der Waals surface area contributed by atoms with Crippen molar-refractivity contribution < 1.29 is 14.3 Å². The van der Waals surface area contributed by atoms with E-state index < -0.39 is 0 Å². The maximum atomic E-state index is 12.9. The van der Waals surface area contributed by atoms with E-state index >= 15 is 0 Å². The number of hydrogen-bond donors (Lipinski definition) is 0. The molecule has 2 aromatic carbocycles. The second kappa shape index (κ2) is 8.96. The Labute approximate surface area is 191 Å². The van der Waals surface area contributed by atoms with Gasteiger partial charge in [0.05, 0.1) is 30.7 Å². The molecule has 1 unspecified atom stereocenters. The maximum Gasteiger partial charge on any atom is 0.186 e. The molecule has 7 nitrogen and oxygen atoms in total. The Morgan fingerprint density at radius 2 is 1.82 bits per heavy atom. The van der Waals surface area contributed by atoms with E-state index in [-0.39, 0.29) is 11.7 Å². The van der Waals surface area contributed by atoms with Crippen LogP contribution in [0, 0.1) is 5.92 Å². The van der Waals surface area contributed by atoms with Gasteiger partial charge in [-0.2, -0.15) is 5.10 Å². The summed E-state index contributed by atoms with van der Waals surface area (Å²) in [4.78, 5) is 12.9. The standard InChI is InChI=1S/C26H24N4O3/c1-32-16-20-24(19-10-6-7-11-23(19)33-2)26-28-27-25-21(30(26)29-20)14-18(15-22(25)31)13-12-17-8-4-3-5-9-17/h3-13,18H,14-16H2,1-2H3/b13-12+. The molecule has 2 aromatic heterocycles. The molecule has 2 heterocycles. The molecule has 5 rings (SSSR count). The number of carbonyl (C=O) groups is 1. The molecule has 4 aromatic rings. The van der Waals surface area contributed by atoms with Crippen LogP contribution in [-0.4, -0.2) is 39.8 Å². The minimum Gasteiger partial charge on any atom is -0.496 e. The Morgan fingerprint density at radius 1 is 1.03 bits per heavy atom. The molecule has 0 fully saturated rings. The van der Waals surface area contributed by atoms with Gasteiger partial charge in [-0.3, -0.25) is 4.79 Å². The van der Waals surface area contributed by atoms with Crippen LogP contribution in [-0.2, 0) is 17.8 Å². The van der Waals surface area contributed by atoms with Crippen molar-refractivity contribution in [2.75, 3.05) is 14.2 Å². The number of nitrogens with zero attached hydrogens (tertiary/aromatic N) is 4. The van der Waals surface area contributed by atoms with E-state index in [9.17, 15) is 4.79 Å². The highest BCUT2D eigenvalue weighted by molar-refractivity contribution is 5.97. The molecule has 0 saturated carbocycles. The van der Waals surface area contributed by atoms with Crippen LogP contribution in [0.4, 0.5) is 0 Å². The first-order valence-corrected chi connectivity index (χ1v) is 10.9. The summed E-state index contributed by atoms with van der Waals surface area (Å²) in [6.45, 7) is 0.302. The molecule has 7 heteroatoms. The Balaban J connectivity index is 1.62. The lowest BCUT2D eigenvalue weighted by Crippen LogP contribution is -2.24. The first-order valence-electron chi connectivity index (χ1n) is 10.9. The van der Waals surface area contributed by atoms with Crippen molar-refractivity contribution in [3.8, 4) is 16.9 Å². The first kappa shape index (κ1) is 21.0. The van der Waals surface area contributed by atoms with Crippen molar-refractivity contribution in [3.63, 3.8) is 0 Å². The fourth-order valence-corrected chi connectivity index (χ4v) is 4.36. The molecule has 33 heavy (non-hydrogen) atoms. The topological polar surface area (TPSA) is 78.6 Å². The van der Waals surface area contributed by atoms with Crippen LogP contribution in [0.5, 0.6) is 5.75 Å². The van der Waals surface area contributed by atoms with Gasteiger partial charge < -0.3 is 9.47 Å². The number of hydrogen-bond acceptors (Lipinski definition) is 6. The zero-order valence-corrected chi connectivity index (χ0v) is 18.6. The van der Waals surface area contributed by atoms with Crippen molar-refractivity contribution in [1.82, 2.24) is 19.8 Å². The highest BCUT2D eigenvalue weighted by atomic mass is 16.5. The summed E-state index contributed by atoms with van der Waals surface area (Å²) in [6.07, 6.45) is 5.22. The average molecular weight is 441 g/mol. The Morgan fingerprint density at radius 3 is 2.61 bits per heavy atom. The summed E-state index contributed by atoms with van der Waals surface area (Å²) in [5.74, 6) is 0.752. The van der Waals surface area contributed by atoms with E-state index in [0.717, 1.165) is 28.1 Å². The molecule has 1 aliphatic carbocycles. The van der Waals surface area contributed by atoms with Crippen molar-refractivity contribution in [1.29, 1.82) is 0 Å². The molecule has 0 aliphatic heterocycles.